The molecule has 0 saturated heterocycles. The van der Waals surface area contributed by atoms with Crippen molar-refractivity contribution in [1.82, 2.24) is 0 Å². The molecule has 3 rings (SSSR count). The van der Waals surface area contributed by atoms with Crippen LogP contribution in [-0.2, 0) is 16.9 Å². The average Bonchev–Trinajstić information content (AvgIpc) is 2.92. The van der Waals surface area contributed by atoms with Gasteiger partial charge in [0.15, 0.2) is 0 Å². The van der Waals surface area contributed by atoms with Crippen molar-refractivity contribution < 1.29 is 9.13 Å². The van der Waals surface area contributed by atoms with Gasteiger partial charge in [-0.05, 0) is 60.3 Å². The molecule has 1 heterocycles. The molecule has 0 aromatic heterocycles. The number of hydrogen-bond donors (Lipinski definition) is 1. The van der Waals surface area contributed by atoms with E-state index in [2.05, 4.69) is 6.07 Å². The highest BCUT2D eigenvalue weighted by molar-refractivity contribution is 5.47. The summed E-state index contributed by atoms with van der Waals surface area (Å²) in [6.45, 7) is 1.02. The maximum atomic E-state index is 13.2. The van der Waals surface area contributed by atoms with Gasteiger partial charge in [-0.1, -0.05) is 18.2 Å². The summed E-state index contributed by atoms with van der Waals surface area (Å²) in [7, 11) is 0. The van der Waals surface area contributed by atoms with E-state index >= 15 is 0 Å². The summed E-state index contributed by atoms with van der Waals surface area (Å²) in [5.74, 6) is -0.268. The first kappa shape index (κ1) is 14.7. The summed E-state index contributed by atoms with van der Waals surface area (Å²) < 4.78 is 19.4. The van der Waals surface area contributed by atoms with E-state index in [1.165, 1.54) is 12.1 Å². The predicted octanol–water partition coefficient (Wildman–Crippen LogP) is 3.21. The van der Waals surface area contributed by atoms with Gasteiger partial charge < -0.3 is 10.5 Å². The quantitative estimate of drug-likeness (QED) is 0.942. The molecule has 0 saturated carbocycles. The van der Waals surface area contributed by atoms with Gasteiger partial charge in [-0.3, -0.25) is 0 Å². The fraction of sp³-hybridized carbons (Fsp3) is 0.278. The first-order valence-corrected chi connectivity index (χ1v) is 7.33. The maximum absolute atomic E-state index is 13.2. The molecule has 2 N–H and O–H groups in total. The molecule has 22 heavy (non-hydrogen) atoms. The third-order valence-electron chi connectivity index (χ3n) is 4.19. The third-order valence-corrected chi connectivity index (χ3v) is 4.19. The molecule has 112 valence electrons. The average molecular weight is 296 g/mol. The van der Waals surface area contributed by atoms with Crippen molar-refractivity contribution in [2.45, 2.75) is 25.0 Å². The number of ether oxygens (including phenoxy) is 1. The number of rotatable bonds is 4. The van der Waals surface area contributed by atoms with Crippen LogP contribution < -0.4 is 5.73 Å². The molecule has 4 heteroatoms. The third kappa shape index (κ3) is 2.39. The first-order chi connectivity index (χ1) is 10.7. The fourth-order valence-corrected chi connectivity index (χ4v) is 3.12. The van der Waals surface area contributed by atoms with E-state index < -0.39 is 5.60 Å². The van der Waals surface area contributed by atoms with Gasteiger partial charge in [-0.25, -0.2) is 4.39 Å². The predicted molar refractivity (Wildman–Crippen MR) is 81.4 cm³/mol. The fourth-order valence-electron chi connectivity index (χ4n) is 3.12. The zero-order chi connectivity index (χ0) is 15.6. The number of nitrogens with two attached hydrogens (primary N) is 1. The van der Waals surface area contributed by atoms with Gasteiger partial charge in [-0.15, -0.1) is 0 Å². The van der Waals surface area contributed by atoms with Crippen LogP contribution in [0.1, 0.15) is 35.1 Å². The van der Waals surface area contributed by atoms with E-state index in [0.29, 0.717) is 18.7 Å². The highest BCUT2D eigenvalue weighted by Crippen LogP contribution is 2.45. The van der Waals surface area contributed by atoms with E-state index in [1.54, 1.807) is 18.2 Å². The van der Waals surface area contributed by atoms with Crippen LogP contribution >= 0.6 is 0 Å². The molecule has 3 nitrogen and oxygen atoms in total. The number of benzene rings is 2. The van der Waals surface area contributed by atoms with E-state index in [-0.39, 0.29) is 5.82 Å². The molecule has 0 amide bonds. The standard InChI is InChI=1S/C18H17FN2O/c19-16-5-3-15(4-6-16)18(8-1-9-20)17-7-2-13(11-21)10-14(17)12-22-18/h2-7,10H,1,8-9,12,20H2. The number of hydrogen-bond acceptors (Lipinski definition) is 3. The molecular formula is C18H17FN2O. The lowest BCUT2D eigenvalue weighted by atomic mass is 9.81. The van der Waals surface area contributed by atoms with Crippen molar-refractivity contribution in [3.63, 3.8) is 0 Å². The maximum Gasteiger partial charge on any atom is 0.123 e. The lowest BCUT2D eigenvalue weighted by Gasteiger charge is -2.30. The summed E-state index contributed by atoms with van der Waals surface area (Å²) >= 11 is 0. The Balaban J connectivity index is 2.10. The summed E-state index contributed by atoms with van der Waals surface area (Å²) in [6, 6.07) is 14.2. The Morgan fingerprint density at radius 1 is 1.23 bits per heavy atom. The second kappa shape index (κ2) is 5.88. The van der Waals surface area contributed by atoms with Crippen LogP contribution in [0.2, 0.25) is 0 Å². The molecule has 2 aromatic rings. The largest absolute Gasteiger partial charge is 0.361 e. The molecule has 1 atom stereocenters. The SMILES string of the molecule is N#Cc1ccc2c(c1)COC2(CCCN)c1ccc(F)cc1. The van der Waals surface area contributed by atoms with E-state index in [0.717, 1.165) is 29.5 Å². The van der Waals surface area contributed by atoms with E-state index in [9.17, 15) is 4.39 Å². The molecule has 0 fully saturated rings. The molecule has 0 bridgehead atoms. The van der Waals surface area contributed by atoms with Crippen LogP contribution in [0.3, 0.4) is 0 Å². The van der Waals surface area contributed by atoms with Crippen molar-refractivity contribution >= 4 is 0 Å². The van der Waals surface area contributed by atoms with Gasteiger partial charge >= 0.3 is 0 Å². The number of nitriles is 1. The molecule has 2 aromatic carbocycles. The Hall–Kier alpha value is -2.22. The second-order valence-corrected chi connectivity index (χ2v) is 5.50. The normalized spacial score (nSPS) is 19.7. The first-order valence-electron chi connectivity index (χ1n) is 7.33. The Kier molecular flexibility index (Phi) is 3.93. The van der Waals surface area contributed by atoms with Gasteiger partial charge in [0.2, 0.25) is 0 Å². The monoisotopic (exact) mass is 296 g/mol. The summed E-state index contributed by atoms with van der Waals surface area (Å²) in [4.78, 5) is 0. The van der Waals surface area contributed by atoms with E-state index in [1.807, 2.05) is 12.1 Å². The Morgan fingerprint density at radius 3 is 2.68 bits per heavy atom. The van der Waals surface area contributed by atoms with Gasteiger partial charge in [0, 0.05) is 0 Å². The van der Waals surface area contributed by atoms with Crippen LogP contribution in [0, 0.1) is 17.1 Å². The zero-order valence-electron chi connectivity index (χ0n) is 12.2. The number of halogens is 1. The molecule has 1 aliphatic heterocycles. The molecule has 0 spiro atoms. The summed E-state index contributed by atoms with van der Waals surface area (Å²) in [5, 5.41) is 9.04. The van der Waals surface area contributed by atoms with Crippen LogP contribution in [0.4, 0.5) is 4.39 Å². The van der Waals surface area contributed by atoms with E-state index in [4.69, 9.17) is 15.7 Å². The lowest BCUT2D eigenvalue weighted by molar-refractivity contribution is -0.0126. The molecule has 0 radical (unpaired) electrons. The van der Waals surface area contributed by atoms with Crippen molar-refractivity contribution in [2.75, 3.05) is 6.54 Å². The topological polar surface area (TPSA) is 59.0 Å². The molecule has 0 aliphatic carbocycles. The van der Waals surface area contributed by atoms with Crippen LogP contribution in [0.15, 0.2) is 42.5 Å². The van der Waals surface area contributed by atoms with Crippen LogP contribution in [0.25, 0.3) is 0 Å². The Bertz CT molecular complexity index is 721. The molecule has 1 unspecified atom stereocenters. The summed E-state index contributed by atoms with van der Waals surface area (Å²) in [5.41, 5.74) is 8.68. The zero-order valence-corrected chi connectivity index (χ0v) is 12.2. The second-order valence-electron chi connectivity index (χ2n) is 5.50. The smallest absolute Gasteiger partial charge is 0.123 e. The van der Waals surface area contributed by atoms with Crippen molar-refractivity contribution in [3.05, 3.63) is 70.5 Å². The van der Waals surface area contributed by atoms with Gasteiger partial charge in [0.1, 0.15) is 11.4 Å². The summed E-state index contributed by atoms with van der Waals surface area (Å²) in [6.07, 6.45) is 1.53. The Labute approximate surface area is 129 Å². The van der Waals surface area contributed by atoms with Crippen LogP contribution in [0.5, 0.6) is 0 Å². The minimum atomic E-state index is -0.601. The van der Waals surface area contributed by atoms with Crippen molar-refractivity contribution in [3.8, 4) is 6.07 Å². The van der Waals surface area contributed by atoms with Crippen molar-refractivity contribution in [2.24, 2.45) is 5.73 Å². The van der Waals surface area contributed by atoms with Crippen molar-refractivity contribution in [1.29, 1.82) is 5.26 Å². The highest BCUT2D eigenvalue weighted by atomic mass is 19.1. The van der Waals surface area contributed by atoms with Crippen LogP contribution in [-0.4, -0.2) is 6.54 Å². The van der Waals surface area contributed by atoms with Gasteiger partial charge in [0.05, 0.1) is 18.2 Å². The lowest BCUT2D eigenvalue weighted by Crippen LogP contribution is -2.28. The number of fused-ring (bicyclic) bond motifs is 1. The van der Waals surface area contributed by atoms with Gasteiger partial charge in [0.25, 0.3) is 0 Å². The highest BCUT2D eigenvalue weighted by Gasteiger charge is 2.41. The number of nitrogens with zero attached hydrogens (tertiary/aromatic N) is 1. The Morgan fingerprint density at radius 2 is 2.00 bits per heavy atom. The van der Waals surface area contributed by atoms with Gasteiger partial charge in [-0.2, -0.15) is 5.26 Å². The molecule has 1 aliphatic rings. The minimum absolute atomic E-state index is 0.268. The molecular weight excluding hydrogens is 279 g/mol. The minimum Gasteiger partial charge on any atom is -0.361 e.